The van der Waals surface area contributed by atoms with E-state index in [1.165, 1.54) is 0 Å². The lowest BCUT2D eigenvalue weighted by atomic mass is 11.9. The van der Waals surface area contributed by atoms with E-state index >= 15 is 0 Å². The van der Waals surface area contributed by atoms with Gasteiger partial charge < -0.3 is 57.5 Å². The molecule has 0 aliphatic rings. The molecule has 0 aromatic rings. The van der Waals surface area contributed by atoms with Gasteiger partial charge in [0.05, 0.1) is 0 Å². The van der Waals surface area contributed by atoms with Crippen molar-refractivity contribution in [3.8, 4) is 0 Å². The minimum atomic E-state index is -3.73. The van der Waals surface area contributed by atoms with Crippen molar-refractivity contribution >= 4 is 35.2 Å². The summed E-state index contributed by atoms with van der Waals surface area (Å²) in [7, 11) is -14.7. The van der Waals surface area contributed by atoms with Gasteiger partial charge in [0.25, 0.3) is 0 Å². The van der Waals surface area contributed by atoms with E-state index in [9.17, 15) is 0 Å². The molecule has 12 N–H and O–H groups in total. The first-order chi connectivity index (χ1) is 7.71. The zero-order chi connectivity index (χ0) is 16.7. The first-order valence-corrected chi connectivity index (χ1v) is 13.9. The summed E-state index contributed by atoms with van der Waals surface area (Å²) in [4.78, 5) is 80.8. The van der Waals surface area contributed by atoms with Crippen molar-refractivity contribution in [1.82, 2.24) is 0 Å². The van der Waals surface area contributed by atoms with Gasteiger partial charge in [-0.3, -0.25) is 0 Å². The minimum absolute atomic E-state index is 0. The molecule has 0 aromatic heterocycles. The van der Waals surface area contributed by atoms with Crippen molar-refractivity contribution in [2.45, 2.75) is 26.2 Å². The largest absolute Gasteiger partial charge is 0.489 e. The van der Waals surface area contributed by atoms with Gasteiger partial charge in [-0.2, -0.15) is 0 Å². The summed E-state index contributed by atoms with van der Waals surface area (Å²) in [6.07, 6.45) is 0. The van der Waals surface area contributed by atoms with E-state index in [1.807, 2.05) is 0 Å². The molecule has 128 valence electrons. The fraction of sp³-hybridized carbons (Fsp3) is 1.00. The van der Waals surface area contributed by atoms with E-state index in [0.29, 0.717) is 0 Å². The van der Waals surface area contributed by atoms with Crippen LogP contribution in [-0.2, 0) is 4.12 Å². The third-order valence-electron chi connectivity index (χ3n) is 0.387. The second kappa shape index (κ2) is 10.2. The van der Waals surface area contributed by atoms with Gasteiger partial charge >= 0.3 is 35.2 Å². The standard InChI is InChI=1S/C2H10O5Si2.2CH6O3Si.H2O/c1-8(3,4)7-9(2,5)6;2*1-5(2,3)4;/h3-6H,1-2H3;2*2-4H,1H3;1H2. The zero-order valence-electron chi connectivity index (χ0n) is 11.4. The molecule has 0 aliphatic carbocycles. The van der Waals surface area contributed by atoms with Crippen LogP contribution < -0.4 is 0 Å². The molecule has 0 fully saturated rings. The van der Waals surface area contributed by atoms with Crippen LogP contribution in [0.4, 0.5) is 0 Å². The highest BCUT2D eigenvalue weighted by atomic mass is 28.5. The first-order valence-electron chi connectivity index (χ1n) is 4.64. The first kappa shape index (κ1) is 28.5. The molecule has 0 amide bonds. The van der Waals surface area contributed by atoms with Crippen molar-refractivity contribution in [1.29, 1.82) is 0 Å². The van der Waals surface area contributed by atoms with E-state index in [1.54, 1.807) is 0 Å². The Morgan fingerprint density at radius 2 is 0.600 bits per heavy atom. The van der Waals surface area contributed by atoms with Crippen LogP contribution in [0.1, 0.15) is 0 Å². The van der Waals surface area contributed by atoms with Gasteiger partial charge in [-0.05, 0) is 0 Å². The maximum absolute atomic E-state index is 8.54. The van der Waals surface area contributed by atoms with Gasteiger partial charge in [-0.25, -0.2) is 0 Å². The predicted molar refractivity (Wildman–Crippen MR) is 73.4 cm³/mol. The molecule has 20 heavy (non-hydrogen) atoms. The van der Waals surface area contributed by atoms with Crippen LogP contribution in [0.2, 0.25) is 26.2 Å². The predicted octanol–water partition coefficient (Wildman–Crippen LogP) is -5.65. The molecule has 0 saturated heterocycles. The molecule has 0 saturated carbocycles. The lowest BCUT2D eigenvalue weighted by Crippen LogP contribution is -2.49. The van der Waals surface area contributed by atoms with Gasteiger partial charge in [0.15, 0.2) is 0 Å². The van der Waals surface area contributed by atoms with Gasteiger partial charge in [0, 0.05) is 26.2 Å². The Hall–Kier alpha value is 0.388. The third-order valence-corrected chi connectivity index (χ3v) is 3.48. The molecule has 0 atom stereocenters. The normalized spacial score (nSPS) is 12.3. The second-order valence-electron chi connectivity index (χ2n) is 3.91. The van der Waals surface area contributed by atoms with Crippen LogP contribution in [0.15, 0.2) is 0 Å². The molecule has 0 unspecified atom stereocenters. The highest BCUT2D eigenvalue weighted by molar-refractivity contribution is 6.70. The van der Waals surface area contributed by atoms with Gasteiger partial charge in [0.1, 0.15) is 0 Å². The molecule has 0 heterocycles. The highest BCUT2D eigenvalue weighted by Gasteiger charge is 2.37. The molecular formula is C4H24O12Si4. The molecule has 0 spiro atoms. The summed E-state index contributed by atoms with van der Waals surface area (Å²) in [5.74, 6) is 0. The molecule has 12 nitrogen and oxygen atoms in total. The smallest absolute Gasteiger partial charge is 0.412 e. The van der Waals surface area contributed by atoms with E-state index in [-0.39, 0.29) is 5.48 Å². The maximum Gasteiger partial charge on any atom is 0.489 e. The van der Waals surface area contributed by atoms with Crippen molar-refractivity contribution in [3.63, 3.8) is 0 Å². The fourth-order valence-electron chi connectivity index (χ4n) is 0.366. The Labute approximate surface area is 119 Å². The summed E-state index contributed by atoms with van der Waals surface area (Å²) < 4.78 is 4.12. The summed E-state index contributed by atoms with van der Waals surface area (Å²) >= 11 is 0. The van der Waals surface area contributed by atoms with Crippen LogP contribution in [0, 0.1) is 0 Å². The van der Waals surface area contributed by atoms with E-state index in [4.69, 9.17) is 48.0 Å². The molecule has 0 bridgehead atoms. The summed E-state index contributed by atoms with van der Waals surface area (Å²) in [6.45, 7) is 4.05. The Morgan fingerprint density at radius 3 is 0.600 bits per heavy atom. The quantitative estimate of drug-likeness (QED) is 0.203. The SMILES string of the molecule is C[Si](O)(O)O.C[Si](O)(O)O.C[Si](O)(O)O[Si](C)(O)O.O. The molecule has 0 aromatic carbocycles. The van der Waals surface area contributed by atoms with Crippen LogP contribution >= 0.6 is 0 Å². The van der Waals surface area contributed by atoms with Crippen molar-refractivity contribution < 1.29 is 57.5 Å². The van der Waals surface area contributed by atoms with Crippen LogP contribution in [0.3, 0.4) is 0 Å². The number of rotatable bonds is 2. The topological polar surface area (TPSA) is 243 Å². The molecule has 0 radical (unpaired) electrons. The van der Waals surface area contributed by atoms with Crippen LogP contribution in [0.5, 0.6) is 0 Å². The molecule has 16 heteroatoms. The van der Waals surface area contributed by atoms with Crippen molar-refractivity contribution in [2.24, 2.45) is 0 Å². The van der Waals surface area contributed by atoms with Crippen molar-refractivity contribution in [2.75, 3.05) is 0 Å². The lowest BCUT2D eigenvalue weighted by Gasteiger charge is -2.18. The second-order valence-corrected chi connectivity index (χ2v) is 12.3. The summed E-state index contributed by atoms with van der Waals surface area (Å²) in [5.41, 5.74) is 0. The Balaban J connectivity index is -0.000000101. The Kier molecular flexibility index (Phi) is 14.5. The van der Waals surface area contributed by atoms with E-state index < -0.39 is 35.2 Å². The Bertz CT molecular complexity index is 186. The lowest BCUT2D eigenvalue weighted by molar-refractivity contribution is 0.166. The summed E-state index contributed by atoms with van der Waals surface area (Å²) in [6, 6.07) is 0. The molecule has 0 aliphatic heterocycles. The average Bonchev–Trinajstić information content (AvgIpc) is 1.63. The fourth-order valence-corrected chi connectivity index (χ4v) is 3.30. The molecule has 0 rings (SSSR count). The minimum Gasteiger partial charge on any atom is -0.412 e. The number of hydrogen-bond acceptors (Lipinski definition) is 11. The van der Waals surface area contributed by atoms with Crippen LogP contribution in [-0.4, -0.2) is 88.7 Å². The van der Waals surface area contributed by atoms with Crippen LogP contribution in [0.25, 0.3) is 0 Å². The van der Waals surface area contributed by atoms with Crippen molar-refractivity contribution in [3.05, 3.63) is 0 Å². The maximum atomic E-state index is 8.54. The van der Waals surface area contributed by atoms with Gasteiger partial charge in [0.2, 0.25) is 0 Å². The summed E-state index contributed by atoms with van der Waals surface area (Å²) in [5, 5.41) is 0. The monoisotopic (exact) mass is 376 g/mol. The average molecular weight is 377 g/mol. The van der Waals surface area contributed by atoms with E-state index in [0.717, 1.165) is 26.2 Å². The van der Waals surface area contributed by atoms with E-state index in [2.05, 4.69) is 4.12 Å². The Morgan fingerprint density at radius 1 is 0.500 bits per heavy atom. The van der Waals surface area contributed by atoms with Gasteiger partial charge in [-0.15, -0.1) is 0 Å². The highest BCUT2D eigenvalue weighted by Crippen LogP contribution is 2.01. The third kappa shape index (κ3) is 136. The molecular weight excluding hydrogens is 352 g/mol. The number of hydrogen-bond donors (Lipinski definition) is 10. The van der Waals surface area contributed by atoms with Gasteiger partial charge in [-0.1, -0.05) is 0 Å². The zero-order valence-corrected chi connectivity index (χ0v) is 15.4.